The predicted octanol–water partition coefficient (Wildman–Crippen LogP) is 25.1. The molecule has 2 unspecified atom stereocenters. The summed E-state index contributed by atoms with van der Waals surface area (Å²) in [5.74, 6) is -0.713. The first-order chi connectivity index (χ1) is 49.4. The summed E-state index contributed by atoms with van der Waals surface area (Å²) in [4.78, 5) is 73.0. The van der Waals surface area contributed by atoms with Gasteiger partial charge in [-0.3, -0.25) is 37.3 Å². The maximum atomic E-state index is 13.1. The maximum absolute atomic E-state index is 13.1. The summed E-state index contributed by atoms with van der Waals surface area (Å²) < 4.78 is 68.7. The van der Waals surface area contributed by atoms with Gasteiger partial charge >= 0.3 is 39.5 Å². The van der Waals surface area contributed by atoms with Crippen LogP contribution in [0.15, 0.2) is 0 Å². The molecule has 0 saturated heterocycles. The van der Waals surface area contributed by atoms with E-state index in [0.29, 0.717) is 37.5 Å². The molecule has 0 rings (SSSR count). The molecule has 0 bridgehead atoms. The van der Waals surface area contributed by atoms with Gasteiger partial charge in [0, 0.05) is 25.7 Å². The van der Waals surface area contributed by atoms with E-state index >= 15 is 0 Å². The summed E-state index contributed by atoms with van der Waals surface area (Å²) in [5, 5.41) is 10.6. The standard InChI is InChI=1S/C83H162O17P2/c1-7-9-11-13-15-17-19-21-23-25-27-29-30-32-34-36-38-40-42-48-55-61-67-82(87)99-78(71-93-80(85)65-59-53-47-41-39-37-35-33-31-28-26-24-22-20-18-16-14-12-10-8-2)73-97-101(89,90)95-69-77(84)70-96-102(91,92)98-74-79(100-83(88)68-62-56-50-44-46-52-58-64-76(5)6)72-94-81(86)66-60-54-49-43-45-51-57-63-75(3)4/h75-79,84H,7-74H2,1-6H3,(H,89,90)(H,91,92)/t77-,78-,79-/m1/s1. The number of aliphatic hydroxyl groups excluding tert-OH is 1. The molecule has 0 aliphatic heterocycles. The first-order valence-electron chi connectivity index (χ1n) is 43.0. The molecule has 0 aliphatic carbocycles. The van der Waals surface area contributed by atoms with E-state index in [2.05, 4.69) is 41.5 Å². The lowest BCUT2D eigenvalue weighted by Gasteiger charge is -2.21. The van der Waals surface area contributed by atoms with Crippen LogP contribution in [0.1, 0.15) is 440 Å². The molecule has 0 saturated carbocycles. The number of aliphatic hydroxyl groups is 1. The predicted molar refractivity (Wildman–Crippen MR) is 418 cm³/mol. The fourth-order valence-corrected chi connectivity index (χ4v) is 14.5. The fraction of sp³-hybridized carbons (Fsp3) is 0.952. The number of carbonyl (C=O) groups excluding carboxylic acids is 4. The minimum absolute atomic E-state index is 0.103. The Morgan fingerprint density at radius 2 is 0.451 bits per heavy atom. The summed E-state index contributed by atoms with van der Waals surface area (Å²) in [7, 11) is -9.92. The summed E-state index contributed by atoms with van der Waals surface area (Å²) in [6, 6.07) is 0. The number of ether oxygens (including phenoxy) is 4. The lowest BCUT2D eigenvalue weighted by atomic mass is 10.0. The first-order valence-corrected chi connectivity index (χ1v) is 46.0. The Bertz CT molecular complexity index is 1960. The monoisotopic (exact) mass is 1490 g/mol. The number of esters is 4. The highest BCUT2D eigenvalue weighted by molar-refractivity contribution is 7.47. The zero-order valence-electron chi connectivity index (χ0n) is 66.9. The number of hydrogen-bond donors (Lipinski definition) is 3. The molecular formula is C83H162O17P2. The molecule has 5 atom stereocenters. The molecule has 19 heteroatoms. The van der Waals surface area contributed by atoms with E-state index in [-0.39, 0.29) is 25.7 Å². The first kappa shape index (κ1) is 100. The Labute approximate surface area is 626 Å². The van der Waals surface area contributed by atoms with Gasteiger partial charge in [-0.25, -0.2) is 9.13 Å². The van der Waals surface area contributed by atoms with Crippen LogP contribution in [0.25, 0.3) is 0 Å². The molecule has 0 aromatic carbocycles. The van der Waals surface area contributed by atoms with Crippen molar-refractivity contribution in [2.45, 2.75) is 458 Å². The summed E-state index contributed by atoms with van der Waals surface area (Å²) >= 11 is 0. The van der Waals surface area contributed by atoms with E-state index < -0.39 is 97.5 Å². The van der Waals surface area contributed by atoms with Gasteiger partial charge in [0.1, 0.15) is 19.3 Å². The van der Waals surface area contributed by atoms with Gasteiger partial charge in [-0.1, -0.05) is 388 Å². The second-order valence-electron chi connectivity index (χ2n) is 30.8. The van der Waals surface area contributed by atoms with Crippen molar-refractivity contribution in [3.8, 4) is 0 Å². The van der Waals surface area contributed by atoms with E-state index in [1.165, 1.54) is 250 Å². The van der Waals surface area contributed by atoms with Crippen LogP contribution in [0.2, 0.25) is 0 Å². The van der Waals surface area contributed by atoms with Crippen LogP contribution < -0.4 is 0 Å². The number of phosphoric acid groups is 2. The highest BCUT2D eigenvalue weighted by Gasteiger charge is 2.30. The molecule has 3 N–H and O–H groups in total. The van der Waals surface area contributed by atoms with Gasteiger partial charge in [0.05, 0.1) is 26.4 Å². The van der Waals surface area contributed by atoms with Crippen LogP contribution >= 0.6 is 15.6 Å². The summed E-state index contributed by atoms with van der Waals surface area (Å²) in [6.07, 6.45) is 65.8. The second-order valence-corrected chi connectivity index (χ2v) is 33.7. The fourth-order valence-electron chi connectivity index (χ4n) is 12.9. The van der Waals surface area contributed by atoms with Gasteiger partial charge in [-0.05, 0) is 37.5 Å². The molecule has 0 fully saturated rings. The van der Waals surface area contributed by atoms with Crippen molar-refractivity contribution in [1.29, 1.82) is 0 Å². The van der Waals surface area contributed by atoms with Crippen LogP contribution in [0.4, 0.5) is 0 Å². The average molecular weight is 1490 g/mol. The molecule has 0 aromatic rings. The molecule has 0 amide bonds. The lowest BCUT2D eigenvalue weighted by molar-refractivity contribution is -0.161. The zero-order valence-corrected chi connectivity index (χ0v) is 68.7. The van der Waals surface area contributed by atoms with Crippen LogP contribution in [-0.2, 0) is 65.4 Å². The minimum atomic E-state index is -4.96. The molecule has 606 valence electrons. The number of carbonyl (C=O) groups is 4. The molecular weight excluding hydrogens is 1330 g/mol. The van der Waals surface area contributed by atoms with E-state index in [1.54, 1.807) is 0 Å². The van der Waals surface area contributed by atoms with Crippen molar-refractivity contribution in [1.82, 2.24) is 0 Å². The topological polar surface area (TPSA) is 237 Å². The third-order valence-electron chi connectivity index (χ3n) is 19.5. The Balaban J connectivity index is 5.17. The Morgan fingerprint density at radius 3 is 0.667 bits per heavy atom. The van der Waals surface area contributed by atoms with Gasteiger partial charge in [0.2, 0.25) is 0 Å². The molecule has 0 heterocycles. The number of rotatable bonds is 82. The normalized spacial score (nSPS) is 13.9. The summed E-state index contributed by atoms with van der Waals surface area (Å²) in [6.45, 7) is 9.51. The molecule has 102 heavy (non-hydrogen) atoms. The van der Waals surface area contributed by atoms with Gasteiger partial charge in [-0.2, -0.15) is 0 Å². The second kappa shape index (κ2) is 74.5. The SMILES string of the molecule is CCCCCCCCCCCCCCCCCCCCCCCCC(=O)O[C@H](COC(=O)CCCCCCCCCCCCCCCCCCCCCC)COP(=O)(O)OC[C@@H](O)COP(=O)(O)OC[C@@H](COC(=O)CCCCCCCCCC(C)C)OC(=O)CCCCCCCCCC(C)C. The molecule has 0 aromatic heterocycles. The van der Waals surface area contributed by atoms with Gasteiger partial charge in [0.25, 0.3) is 0 Å². The van der Waals surface area contributed by atoms with Crippen LogP contribution in [-0.4, -0.2) is 96.7 Å². The van der Waals surface area contributed by atoms with Crippen LogP contribution in [0.3, 0.4) is 0 Å². The van der Waals surface area contributed by atoms with Crippen molar-refractivity contribution in [3.63, 3.8) is 0 Å². The van der Waals surface area contributed by atoms with E-state index in [1.807, 2.05) is 0 Å². The maximum Gasteiger partial charge on any atom is 0.472 e. The summed E-state index contributed by atoms with van der Waals surface area (Å²) in [5.41, 5.74) is 0. The Hall–Kier alpha value is -1.94. The van der Waals surface area contributed by atoms with Gasteiger partial charge in [0.15, 0.2) is 12.2 Å². The third-order valence-corrected chi connectivity index (χ3v) is 21.4. The number of unbranched alkanes of at least 4 members (excludes halogenated alkanes) is 52. The zero-order chi connectivity index (χ0) is 74.9. The van der Waals surface area contributed by atoms with Crippen molar-refractivity contribution in [2.75, 3.05) is 39.6 Å². The van der Waals surface area contributed by atoms with Crippen molar-refractivity contribution < 1.29 is 80.2 Å². The van der Waals surface area contributed by atoms with E-state index in [9.17, 15) is 43.2 Å². The number of hydrogen-bond acceptors (Lipinski definition) is 15. The molecule has 0 radical (unpaired) electrons. The van der Waals surface area contributed by atoms with Crippen molar-refractivity contribution in [2.24, 2.45) is 11.8 Å². The lowest BCUT2D eigenvalue weighted by Crippen LogP contribution is -2.30. The molecule has 0 aliphatic rings. The number of phosphoric ester groups is 2. The molecule has 17 nitrogen and oxygen atoms in total. The quantitative estimate of drug-likeness (QED) is 0.0222. The third kappa shape index (κ3) is 76.3. The van der Waals surface area contributed by atoms with Crippen molar-refractivity contribution in [3.05, 3.63) is 0 Å². The van der Waals surface area contributed by atoms with Crippen LogP contribution in [0.5, 0.6) is 0 Å². The largest absolute Gasteiger partial charge is 0.472 e. The van der Waals surface area contributed by atoms with Gasteiger partial charge < -0.3 is 33.8 Å². The highest BCUT2D eigenvalue weighted by Crippen LogP contribution is 2.45. The Kier molecular flexibility index (Phi) is 73.1. The smallest absolute Gasteiger partial charge is 0.462 e. The average Bonchev–Trinajstić information content (AvgIpc) is 0.910. The van der Waals surface area contributed by atoms with Crippen molar-refractivity contribution >= 4 is 39.5 Å². The molecule has 0 spiro atoms. The van der Waals surface area contributed by atoms with E-state index in [0.717, 1.165) is 96.3 Å². The van der Waals surface area contributed by atoms with E-state index in [4.69, 9.17) is 37.0 Å². The minimum Gasteiger partial charge on any atom is -0.462 e. The highest BCUT2D eigenvalue weighted by atomic mass is 31.2. The van der Waals surface area contributed by atoms with Gasteiger partial charge in [-0.15, -0.1) is 0 Å². The van der Waals surface area contributed by atoms with Crippen LogP contribution in [0, 0.1) is 11.8 Å². The Morgan fingerprint density at radius 1 is 0.265 bits per heavy atom.